The Labute approximate surface area is 235 Å². The third-order valence-electron chi connectivity index (χ3n) is 7.87. The molecule has 0 radical (unpaired) electrons. The molecule has 13 heteroatoms. The van der Waals surface area contributed by atoms with Crippen LogP contribution in [0.25, 0.3) is 0 Å². The first-order chi connectivity index (χ1) is 19.5. The van der Waals surface area contributed by atoms with Crippen LogP contribution in [-0.4, -0.2) is 60.1 Å². The number of halogens is 1. The first kappa shape index (κ1) is 28.0. The van der Waals surface area contributed by atoms with E-state index < -0.39 is 52.5 Å². The summed E-state index contributed by atoms with van der Waals surface area (Å²) in [6, 6.07) is 5.06. The second-order valence-corrected chi connectivity index (χ2v) is 10.8. The number of rotatable bonds is 6. The van der Waals surface area contributed by atoms with E-state index >= 15 is 0 Å². The molecule has 2 bridgehead atoms. The fourth-order valence-corrected chi connectivity index (χ4v) is 5.73. The number of fused-ring (bicyclic) bond motifs is 2. The first-order valence-electron chi connectivity index (χ1n) is 13.4. The molecule has 2 aliphatic heterocycles. The summed E-state index contributed by atoms with van der Waals surface area (Å²) in [5.41, 5.74) is 1.07. The highest BCUT2D eigenvalue weighted by molar-refractivity contribution is 6.35. The summed E-state index contributed by atoms with van der Waals surface area (Å²) in [6.07, 6.45) is 3.67. The van der Waals surface area contributed by atoms with Crippen molar-refractivity contribution in [1.82, 2.24) is 34.9 Å². The van der Waals surface area contributed by atoms with Gasteiger partial charge in [-0.25, -0.2) is 9.37 Å². The van der Waals surface area contributed by atoms with Crippen molar-refractivity contribution in [3.05, 3.63) is 75.0 Å². The molecule has 0 saturated heterocycles. The van der Waals surface area contributed by atoms with Crippen molar-refractivity contribution in [2.75, 3.05) is 7.05 Å². The number of amides is 3. The summed E-state index contributed by atoms with van der Waals surface area (Å²) in [4.78, 5) is 57.8. The summed E-state index contributed by atoms with van der Waals surface area (Å²) in [6.45, 7) is 2.37. The molecule has 1 aromatic carbocycles. The lowest BCUT2D eigenvalue weighted by atomic mass is 9.79. The monoisotopic (exact) mass is 565 g/mol. The van der Waals surface area contributed by atoms with E-state index in [9.17, 15) is 28.7 Å². The molecule has 3 N–H and O–H groups in total. The Morgan fingerprint density at radius 2 is 1.93 bits per heavy atom. The fraction of sp³-hybridized carbons (Fsp3) is 0.429. The standard InChI is InChI=1S/C28H32FN7O5/c1-15-18(14-35(3)33-15)13-34(2)28(41)26(39)31-21-10-17-6-9-20(21)24-32-22(23(37)27(40)36(24)12-17)25(38)30-11-16-4-7-19(29)8-5-16/h4-5,7-8,14,17,20-21,37H,6,9-13H2,1-3H3,(H,30,38)(H,31,39). The number of hydrogen-bond donors (Lipinski definition) is 3. The Morgan fingerprint density at radius 3 is 2.61 bits per heavy atom. The summed E-state index contributed by atoms with van der Waals surface area (Å²) in [5, 5.41) is 20.3. The van der Waals surface area contributed by atoms with Crippen molar-refractivity contribution in [3.63, 3.8) is 0 Å². The van der Waals surface area contributed by atoms with Gasteiger partial charge in [-0.15, -0.1) is 0 Å². The molecule has 41 heavy (non-hydrogen) atoms. The second kappa shape index (κ2) is 11.1. The predicted molar refractivity (Wildman–Crippen MR) is 144 cm³/mol. The molecule has 3 aliphatic rings. The molecule has 6 rings (SSSR count). The molecule has 3 unspecified atom stereocenters. The number of aromatic hydroxyl groups is 1. The van der Waals surface area contributed by atoms with E-state index in [-0.39, 0.29) is 31.4 Å². The third kappa shape index (κ3) is 5.70. The maximum absolute atomic E-state index is 13.2. The normalized spacial score (nSPS) is 19.3. The van der Waals surface area contributed by atoms with Crippen LogP contribution in [0.4, 0.5) is 4.39 Å². The molecule has 216 valence electrons. The van der Waals surface area contributed by atoms with Gasteiger partial charge in [0.25, 0.3) is 11.5 Å². The van der Waals surface area contributed by atoms with Crippen LogP contribution in [0.3, 0.4) is 0 Å². The van der Waals surface area contributed by atoms with Gasteiger partial charge >= 0.3 is 11.8 Å². The van der Waals surface area contributed by atoms with Crippen molar-refractivity contribution >= 4 is 17.7 Å². The van der Waals surface area contributed by atoms with Crippen molar-refractivity contribution in [2.45, 2.75) is 57.8 Å². The Kier molecular flexibility index (Phi) is 7.61. The highest BCUT2D eigenvalue weighted by atomic mass is 19.1. The number of aryl methyl sites for hydroxylation is 2. The molecule has 3 amide bonds. The summed E-state index contributed by atoms with van der Waals surface area (Å²) < 4.78 is 16.2. The Hall–Kier alpha value is -4.55. The van der Waals surface area contributed by atoms with Crippen LogP contribution < -0.4 is 16.2 Å². The lowest BCUT2D eigenvalue weighted by Crippen LogP contribution is -2.48. The van der Waals surface area contributed by atoms with Gasteiger partial charge in [-0.3, -0.25) is 28.4 Å². The largest absolute Gasteiger partial charge is 0.501 e. The highest BCUT2D eigenvalue weighted by Crippen LogP contribution is 2.40. The molecule has 2 aromatic heterocycles. The average Bonchev–Trinajstić information content (AvgIpc) is 3.08. The Bertz CT molecular complexity index is 1560. The number of nitrogens with zero attached hydrogens (tertiary/aromatic N) is 5. The average molecular weight is 566 g/mol. The molecule has 4 heterocycles. The van der Waals surface area contributed by atoms with E-state index in [1.54, 1.807) is 25.0 Å². The quantitative estimate of drug-likeness (QED) is 0.379. The minimum atomic E-state index is -0.767. The molecule has 1 aliphatic carbocycles. The number of hydrogen-bond acceptors (Lipinski definition) is 7. The van der Waals surface area contributed by atoms with Gasteiger partial charge in [0.05, 0.1) is 5.69 Å². The van der Waals surface area contributed by atoms with E-state index in [0.717, 1.165) is 17.7 Å². The van der Waals surface area contributed by atoms with Gasteiger partial charge < -0.3 is 20.6 Å². The number of nitrogens with one attached hydrogen (secondary N) is 2. The Morgan fingerprint density at radius 1 is 1.20 bits per heavy atom. The Balaban J connectivity index is 1.34. The van der Waals surface area contributed by atoms with Gasteiger partial charge in [0.2, 0.25) is 5.75 Å². The SMILES string of the molecule is Cc1nn(C)cc1CN(C)C(=O)C(=O)NC1CC2CCC1c1nc(C(=O)NCc3ccc(F)cc3)c(O)c(=O)n1C2. The van der Waals surface area contributed by atoms with Crippen LogP contribution in [0.15, 0.2) is 35.3 Å². The number of carbonyl (C=O) groups is 3. The number of likely N-dealkylation sites (N-methyl/N-ethyl adjacent to an activating group) is 1. The number of benzene rings is 1. The van der Waals surface area contributed by atoms with Crippen LogP contribution in [0.5, 0.6) is 5.75 Å². The van der Waals surface area contributed by atoms with Gasteiger partial charge in [-0.2, -0.15) is 5.10 Å². The number of carbonyl (C=O) groups excluding carboxylic acids is 3. The first-order valence-corrected chi connectivity index (χ1v) is 13.4. The molecule has 1 fully saturated rings. The lowest BCUT2D eigenvalue weighted by Gasteiger charge is -2.32. The minimum Gasteiger partial charge on any atom is -0.501 e. The van der Waals surface area contributed by atoms with Gasteiger partial charge in [-0.1, -0.05) is 12.1 Å². The van der Waals surface area contributed by atoms with E-state index in [4.69, 9.17) is 0 Å². The number of aromatic nitrogens is 4. The second-order valence-electron chi connectivity index (χ2n) is 10.8. The van der Waals surface area contributed by atoms with Crippen molar-refractivity contribution in [1.29, 1.82) is 0 Å². The zero-order chi connectivity index (χ0) is 29.4. The molecular formula is C28H32FN7O5. The van der Waals surface area contributed by atoms with E-state index in [2.05, 4.69) is 20.7 Å². The maximum atomic E-state index is 13.2. The zero-order valence-corrected chi connectivity index (χ0v) is 23.1. The van der Waals surface area contributed by atoms with E-state index in [1.165, 1.54) is 33.7 Å². The fourth-order valence-electron chi connectivity index (χ4n) is 5.73. The van der Waals surface area contributed by atoms with Crippen LogP contribution in [0.2, 0.25) is 0 Å². The lowest BCUT2D eigenvalue weighted by molar-refractivity contribution is -0.146. The summed E-state index contributed by atoms with van der Waals surface area (Å²) in [5.74, 6) is -3.52. The van der Waals surface area contributed by atoms with Crippen LogP contribution in [0.1, 0.15) is 58.3 Å². The van der Waals surface area contributed by atoms with Crippen molar-refractivity contribution < 1.29 is 23.9 Å². The van der Waals surface area contributed by atoms with E-state index in [1.807, 2.05) is 6.92 Å². The summed E-state index contributed by atoms with van der Waals surface area (Å²) >= 11 is 0. The van der Waals surface area contributed by atoms with Crippen LogP contribution in [-0.2, 0) is 36.3 Å². The smallest absolute Gasteiger partial charge is 0.311 e. The van der Waals surface area contributed by atoms with Gasteiger partial charge in [-0.05, 0) is 49.8 Å². The molecule has 0 spiro atoms. The highest BCUT2D eigenvalue weighted by Gasteiger charge is 2.41. The summed E-state index contributed by atoms with van der Waals surface area (Å²) in [7, 11) is 3.33. The zero-order valence-electron chi connectivity index (χ0n) is 23.1. The van der Waals surface area contributed by atoms with Crippen LogP contribution in [0, 0.1) is 18.7 Å². The predicted octanol–water partition coefficient (Wildman–Crippen LogP) is 1.10. The van der Waals surface area contributed by atoms with Gasteiger partial charge in [0, 0.05) is 57.4 Å². The molecular weight excluding hydrogens is 533 g/mol. The van der Waals surface area contributed by atoms with E-state index in [0.29, 0.717) is 18.4 Å². The topological polar surface area (TPSA) is 151 Å². The van der Waals surface area contributed by atoms with Crippen LogP contribution >= 0.6 is 0 Å². The molecule has 12 nitrogen and oxygen atoms in total. The molecule has 3 aromatic rings. The molecule has 3 atom stereocenters. The van der Waals surface area contributed by atoms with Crippen molar-refractivity contribution in [2.24, 2.45) is 13.0 Å². The third-order valence-corrected chi connectivity index (χ3v) is 7.87. The minimum absolute atomic E-state index is 0.0146. The van der Waals surface area contributed by atoms with Gasteiger partial charge in [0.15, 0.2) is 5.69 Å². The van der Waals surface area contributed by atoms with Gasteiger partial charge in [0.1, 0.15) is 11.6 Å². The maximum Gasteiger partial charge on any atom is 0.311 e. The van der Waals surface area contributed by atoms with Crippen molar-refractivity contribution in [3.8, 4) is 5.75 Å². The molecule has 1 saturated carbocycles.